The van der Waals surface area contributed by atoms with Gasteiger partial charge in [0.2, 0.25) is 10.0 Å². The molecule has 0 bridgehead atoms. The summed E-state index contributed by atoms with van der Waals surface area (Å²) in [5.41, 5.74) is 5.51. The van der Waals surface area contributed by atoms with E-state index in [9.17, 15) is 12.8 Å². The van der Waals surface area contributed by atoms with Gasteiger partial charge in [-0.1, -0.05) is 0 Å². The van der Waals surface area contributed by atoms with Crippen LogP contribution in [0.5, 0.6) is 0 Å². The summed E-state index contributed by atoms with van der Waals surface area (Å²) in [6, 6.07) is 7.98. The summed E-state index contributed by atoms with van der Waals surface area (Å²) in [5.74, 6) is -0.00449. The molecule has 0 radical (unpaired) electrons. The summed E-state index contributed by atoms with van der Waals surface area (Å²) in [6.07, 6.45) is 7.79. The Bertz CT molecular complexity index is 1840. The average molecular weight is 504 g/mol. The van der Waals surface area contributed by atoms with Gasteiger partial charge in [-0.15, -0.1) is 0 Å². The highest BCUT2D eigenvalue weighted by Gasteiger charge is 2.18. The molecule has 0 saturated carbocycles. The highest BCUT2D eigenvalue weighted by molar-refractivity contribution is 7.88. The van der Waals surface area contributed by atoms with Crippen molar-refractivity contribution in [2.24, 2.45) is 0 Å². The van der Waals surface area contributed by atoms with Gasteiger partial charge in [0, 0.05) is 35.5 Å². The molecule has 0 unspecified atom stereocenters. The topological polar surface area (TPSA) is 158 Å². The van der Waals surface area contributed by atoms with Crippen molar-refractivity contribution in [3.8, 4) is 34.0 Å². The predicted molar refractivity (Wildman–Crippen MR) is 131 cm³/mol. The zero-order valence-corrected chi connectivity index (χ0v) is 19.6. The number of hydrogen-bond donors (Lipinski definition) is 4. The number of aromatic nitrogens is 8. The number of imidazole rings is 1. The van der Waals surface area contributed by atoms with Crippen molar-refractivity contribution >= 4 is 32.0 Å². The fourth-order valence-electron chi connectivity index (χ4n) is 4.01. The summed E-state index contributed by atoms with van der Waals surface area (Å²) in [6.45, 7) is -0.0440. The summed E-state index contributed by atoms with van der Waals surface area (Å²) >= 11 is 0. The van der Waals surface area contributed by atoms with Gasteiger partial charge in [0.1, 0.15) is 17.0 Å². The van der Waals surface area contributed by atoms with Gasteiger partial charge in [-0.3, -0.25) is 20.2 Å². The SMILES string of the molecule is CS(=O)(=O)NCc1cc(F)cc(-c2nccc3[nH]c(-c4n[nH]c5cnc(-c6cn[nH]c6)cc45)nc23)c1. The third-order valence-corrected chi connectivity index (χ3v) is 6.30. The predicted octanol–water partition coefficient (Wildman–Crippen LogP) is 3.14. The molecule has 5 aromatic heterocycles. The van der Waals surface area contributed by atoms with Crippen molar-refractivity contribution in [2.45, 2.75) is 6.54 Å². The Labute approximate surface area is 203 Å². The van der Waals surface area contributed by atoms with E-state index < -0.39 is 15.8 Å². The van der Waals surface area contributed by atoms with Crippen molar-refractivity contribution in [1.82, 2.24) is 45.1 Å². The summed E-state index contributed by atoms with van der Waals surface area (Å²) < 4.78 is 39.7. The van der Waals surface area contributed by atoms with Crippen LogP contribution in [-0.4, -0.2) is 55.0 Å². The molecule has 6 rings (SSSR count). The van der Waals surface area contributed by atoms with Gasteiger partial charge in [0.25, 0.3) is 0 Å². The summed E-state index contributed by atoms with van der Waals surface area (Å²) in [5, 5.41) is 15.0. The molecule has 0 spiro atoms. The van der Waals surface area contributed by atoms with Gasteiger partial charge in [-0.2, -0.15) is 10.2 Å². The van der Waals surface area contributed by atoms with Crippen LogP contribution in [0.2, 0.25) is 0 Å². The second-order valence-corrected chi connectivity index (χ2v) is 10.1. The normalized spacial score (nSPS) is 12.1. The van der Waals surface area contributed by atoms with Gasteiger partial charge in [-0.25, -0.2) is 22.5 Å². The van der Waals surface area contributed by atoms with E-state index in [0.717, 1.165) is 28.4 Å². The minimum absolute atomic E-state index is 0.0440. The quantitative estimate of drug-likeness (QED) is 0.272. The standard InChI is InChI=1S/C23H18FN9O2S/c1-36(34,35)29-8-12-4-13(6-15(24)5-12)20-22-17(2-3-25-20)30-23(31-22)21-16-7-18(14-9-27-28-10-14)26-11-19(16)32-33-21/h2-7,9-11,29H,8H2,1H3,(H,27,28)(H,30,31)(H,32,33). The lowest BCUT2D eigenvalue weighted by molar-refractivity contribution is 0.586. The molecule has 180 valence electrons. The molecule has 0 aliphatic rings. The molecule has 1 aromatic carbocycles. The number of hydrogen-bond acceptors (Lipinski definition) is 7. The molecule has 0 aliphatic heterocycles. The largest absolute Gasteiger partial charge is 0.336 e. The summed E-state index contributed by atoms with van der Waals surface area (Å²) in [4.78, 5) is 16.9. The molecular formula is C23H18FN9O2S. The second-order valence-electron chi connectivity index (χ2n) is 8.26. The first-order valence-electron chi connectivity index (χ1n) is 10.8. The lowest BCUT2D eigenvalue weighted by Gasteiger charge is -2.07. The maximum Gasteiger partial charge on any atom is 0.209 e. The highest BCUT2D eigenvalue weighted by Crippen LogP contribution is 2.32. The second kappa shape index (κ2) is 8.32. The molecule has 13 heteroatoms. The zero-order valence-electron chi connectivity index (χ0n) is 18.7. The first-order chi connectivity index (χ1) is 17.3. The van der Waals surface area contributed by atoms with E-state index in [1.54, 1.807) is 36.9 Å². The minimum atomic E-state index is -3.43. The van der Waals surface area contributed by atoms with Gasteiger partial charge in [-0.05, 0) is 35.9 Å². The molecule has 0 saturated heterocycles. The van der Waals surface area contributed by atoms with Crippen LogP contribution in [0, 0.1) is 5.82 Å². The minimum Gasteiger partial charge on any atom is -0.336 e. The number of rotatable bonds is 6. The maximum atomic E-state index is 14.4. The molecule has 4 N–H and O–H groups in total. The van der Waals surface area contributed by atoms with Crippen LogP contribution >= 0.6 is 0 Å². The number of fused-ring (bicyclic) bond motifs is 2. The fourth-order valence-corrected chi connectivity index (χ4v) is 4.44. The van der Waals surface area contributed by atoms with E-state index in [2.05, 4.69) is 40.1 Å². The number of nitrogens with zero attached hydrogens (tertiary/aromatic N) is 5. The third-order valence-electron chi connectivity index (χ3n) is 5.64. The number of H-pyrrole nitrogens is 3. The number of aromatic amines is 3. The fraction of sp³-hybridized carbons (Fsp3) is 0.0870. The number of sulfonamides is 1. The van der Waals surface area contributed by atoms with Crippen molar-refractivity contribution in [3.05, 3.63) is 66.5 Å². The zero-order chi connectivity index (χ0) is 24.9. The Morgan fingerprint density at radius 3 is 2.72 bits per heavy atom. The van der Waals surface area contributed by atoms with Gasteiger partial charge >= 0.3 is 0 Å². The maximum absolute atomic E-state index is 14.4. The number of halogens is 1. The van der Waals surface area contributed by atoms with Crippen molar-refractivity contribution in [3.63, 3.8) is 0 Å². The van der Waals surface area contributed by atoms with Crippen LogP contribution in [0.15, 0.2) is 55.1 Å². The molecule has 11 nitrogen and oxygen atoms in total. The highest BCUT2D eigenvalue weighted by atomic mass is 32.2. The van der Waals surface area contributed by atoms with Gasteiger partial charge < -0.3 is 4.98 Å². The third kappa shape index (κ3) is 4.10. The molecular weight excluding hydrogens is 485 g/mol. The molecule has 0 atom stereocenters. The average Bonchev–Trinajstić information content (AvgIpc) is 3.60. The first-order valence-corrected chi connectivity index (χ1v) is 12.7. The van der Waals surface area contributed by atoms with E-state index >= 15 is 0 Å². The molecule has 0 amide bonds. The van der Waals surface area contributed by atoms with Crippen LogP contribution < -0.4 is 4.72 Å². The molecule has 6 aromatic rings. The van der Waals surface area contributed by atoms with E-state index in [-0.39, 0.29) is 6.54 Å². The van der Waals surface area contributed by atoms with Crippen LogP contribution in [0.4, 0.5) is 4.39 Å². The number of benzene rings is 1. The van der Waals surface area contributed by atoms with Crippen LogP contribution in [-0.2, 0) is 16.6 Å². The van der Waals surface area contributed by atoms with Gasteiger partial charge in [0.05, 0.1) is 41.1 Å². The van der Waals surface area contributed by atoms with Crippen molar-refractivity contribution in [1.29, 1.82) is 0 Å². The Kier molecular flexibility index (Phi) is 5.09. The van der Waals surface area contributed by atoms with E-state index in [4.69, 9.17) is 4.98 Å². The van der Waals surface area contributed by atoms with Crippen LogP contribution in [0.3, 0.4) is 0 Å². The molecule has 36 heavy (non-hydrogen) atoms. The smallest absolute Gasteiger partial charge is 0.209 e. The van der Waals surface area contributed by atoms with Crippen LogP contribution in [0.25, 0.3) is 56.0 Å². The van der Waals surface area contributed by atoms with Crippen LogP contribution in [0.1, 0.15) is 5.56 Å². The summed E-state index contributed by atoms with van der Waals surface area (Å²) in [7, 11) is -3.43. The lowest BCUT2D eigenvalue weighted by atomic mass is 10.1. The van der Waals surface area contributed by atoms with E-state index in [0.29, 0.717) is 39.4 Å². The lowest BCUT2D eigenvalue weighted by Crippen LogP contribution is -2.21. The molecule has 5 heterocycles. The molecule has 0 fully saturated rings. The van der Waals surface area contributed by atoms with Crippen molar-refractivity contribution < 1.29 is 12.8 Å². The Morgan fingerprint density at radius 2 is 1.92 bits per heavy atom. The number of nitrogens with one attached hydrogen (secondary N) is 4. The van der Waals surface area contributed by atoms with Gasteiger partial charge in [0.15, 0.2) is 5.82 Å². The van der Waals surface area contributed by atoms with E-state index in [1.165, 1.54) is 12.1 Å². The van der Waals surface area contributed by atoms with Crippen molar-refractivity contribution in [2.75, 3.05) is 6.26 Å². The number of pyridine rings is 2. The monoisotopic (exact) mass is 503 g/mol. The Balaban J connectivity index is 1.44. The van der Waals surface area contributed by atoms with E-state index in [1.807, 2.05) is 6.07 Å². The Morgan fingerprint density at radius 1 is 1.03 bits per heavy atom. The Hall–Kier alpha value is -4.49. The molecule has 0 aliphatic carbocycles. The first kappa shape index (κ1) is 22.0.